The topological polar surface area (TPSA) is 126 Å². The molecule has 0 bridgehead atoms. The normalized spacial score (nSPS) is 12.6. The molecule has 0 radical (unpaired) electrons. The Hall–Kier alpha value is -3.51. The minimum absolute atomic E-state index is 0.0403. The fourth-order valence-corrected chi connectivity index (χ4v) is 5.22. The highest BCUT2D eigenvalue weighted by Crippen LogP contribution is 2.23. The predicted molar refractivity (Wildman–Crippen MR) is 123 cm³/mol. The minimum Gasteiger partial charge on any atom is -0.324 e. The molecule has 12 heteroatoms. The first-order valence-corrected chi connectivity index (χ1v) is 12.9. The van der Waals surface area contributed by atoms with Gasteiger partial charge in [0.05, 0.1) is 28.7 Å². The molecular formula is C21H21FN4O5S2. The lowest BCUT2D eigenvalue weighted by atomic mass is 10.2. The molecule has 9 nitrogen and oxygen atoms in total. The highest BCUT2D eigenvalue weighted by Gasteiger charge is 2.29. The minimum atomic E-state index is -3.87. The molecule has 3 rings (SSSR count). The highest BCUT2D eigenvalue weighted by atomic mass is 32.2. The van der Waals surface area contributed by atoms with Crippen molar-refractivity contribution in [2.24, 2.45) is 0 Å². The van der Waals surface area contributed by atoms with Gasteiger partial charge in [-0.3, -0.25) is 18.8 Å². The molecular weight excluding hydrogens is 471 g/mol. The average molecular weight is 493 g/mol. The number of amides is 1. The molecule has 0 unspecified atom stereocenters. The summed E-state index contributed by atoms with van der Waals surface area (Å²) in [7, 11) is -7.73. The summed E-state index contributed by atoms with van der Waals surface area (Å²) in [4.78, 5) is 16.5. The predicted octanol–water partition coefficient (Wildman–Crippen LogP) is 2.81. The van der Waals surface area contributed by atoms with Crippen LogP contribution in [-0.4, -0.2) is 40.0 Å². The van der Waals surface area contributed by atoms with Gasteiger partial charge in [0, 0.05) is 11.9 Å². The first-order chi connectivity index (χ1) is 15.5. The lowest BCUT2D eigenvalue weighted by Gasteiger charge is -2.28. The van der Waals surface area contributed by atoms with E-state index in [2.05, 4.69) is 15.0 Å². The maximum Gasteiger partial charge on any atom is 0.261 e. The third-order valence-electron chi connectivity index (χ3n) is 4.52. The van der Waals surface area contributed by atoms with Gasteiger partial charge < -0.3 is 5.32 Å². The van der Waals surface area contributed by atoms with Crippen molar-refractivity contribution in [1.82, 2.24) is 4.98 Å². The van der Waals surface area contributed by atoms with Crippen LogP contribution in [0.15, 0.2) is 78.0 Å². The zero-order chi connectivity index (χ0) is 24.2. The Balaban J connectivity index is 1.76. The van der Waals surface area contributed by atoms with Crippen LogP contribution in [0.2, 0.25) is 0 Å². The average Bonchev–Trinajstić information content (AvgIpc) is 2.75. The number of aromatic nitrogens is 1. The van der Waals surface area contributed by atoms with E-state index >= 15 is 0 Å². The molecule has 3 aromatic rings. The van der Waals surface area contributed by atoms with Crippen molar-refractivity contribution < 1.29 is 26.0 Å². The van der Waals surface area contributed by atoms with E-state index in [1.54, 1.807) is 12.1 Å². The summed E-state index contributed by atoms with van der Waals surface area (Å²) in [5, 5.41) is 2.56. The number of benzene rings is 2. The molecule has 174 valence electrons. The van der Waals surface area contributed by atoms with Crippen molar-refractivity contribution in [1.29, 1.82) is 0 Å². The molecule has 1 atom stereocenters. The Bertz CT molecular complexity index is 1330. The molecule has 2 aromatic carbocycles. The van der Waals surface area contributed by atoms with Gasteiger partial charge >= 0.3 is 0 Å². The van der Waals surface area contributed by atoms with Crippen molar-refractivity contribution in [2.45, 2.75) is 17.9 Å². The van der Waals surface area contributed by atoms with Gasteiger partial charge in [0.15, 0.2) is 0 Å². The van der Waals surface area contributed by atoms with Crippen molar-refractivity contribution in [3.8, 4) is 0 Å². The fraction of sp³-hybridized carbons (Fsp3) is 0.143. The van der Waals surface area contributed by atoms with E-state index in [4.69, 9.17) is 0 Å². The van der Waals surface area contributed by atoms with E-state index in [0.717, 1.165) is 22.7 Å². The first-order valence-electron chi connectivity index (χ1n) is 9.56. The number of nitrogens with one attached hydrogen (secondary N) is 2. The number of halogens is 1. The van der Waals surface area contributed by atoms with Gasteiger partial charge in [-0.25, -0.2) is 21.2 Å². The number of pyridine rings is 1. The Morgan fingerprint density at radius 3 is 2.15 bits per heavy atom. The van der Waals surface area contributed by atoms with Crippen LogP contribution in [0, 0.1) is 5.82 Å². The van der Waals surface area contributed by atoms with Crippen LogP contribution in [0.4, 0.5) is 21.5 Å². The summed E-state index contributed by atoms with van der Waals surface area (Å²) >= 11 is 0. The van der Waals surface area contributed by atoms with Crippen molar-refractivity contribution in [2.75, 3.05) is 20.6 Å². The van der Waals surface area contributed by atoms with E-state index in [1.807, 2.05) is 0 Å². The van der Waals surface area contributed by atoms with Gasteiger partial charge in [-0.2, -0.15) is 0 Å². The summed E-state index contributed by atoms with van der Waals surface area (Å²) in [5.74, 6) is -1.20. The molecule has 0 saturated carbocycles. The largest absolute Gasteiger partial charge is 0.324 e. The van der Waals surface area contributed by atoms with E-state index in [1.165, 1.54) is 55.7 Å². The Kier molecular flexibility index (Phi) is 6.98. The second-order valence-electron chi connectivity index (χ2n) is 7.07. The molecule has 0 aliphatic carbocycles. The van der Waals surface area contributed by atoms with Crippen LogP contribution in [-0.2, 0) is 24.8 Å². The van der Waals surface area contributed by atoms with Crippen LogP contribution in [0.3, 0.4) is 0 Å². The molecule has 0 spiro atoms. The maximum atomic E-state index is 13.2. The number of hydrogen-bond donors (Lipinski definition) is 2. The van der Waals surface area contributed by atoms with Crippen LogP contribution >= 0.6 is 0 Å². The van der Waals surface area contributed by atoms with Gasteiger partial charge in [0.25, 0.3) is 10.0 Å². The zero-order valence-electron chi connectivity index (χ0n) is 17.6. The summed E-state index contributed by atoms with van der Waals surface area (Å²) < 4.78 is 66.1. The maximum absolute atomic E-state index is 13.2. The Labute approximate surface area is 191 Å². The smallest absolute Gasteiger partial charge is 0.261 e. The SMILES string of the molecule is C[C@@H](C(=O)Nc1ccc(S(=O)(=O)Nc2cccnc2)cc1)N(c1ccc(F)cc1)S(C)(=O)=O. The number of carbonyl (C=O) groups is 1. The van der Waals surface area contributed by atoms with E-state index in [-0.39, 0.29) is 16.3 Å². The summed E-state index contributed by atoms with van der Waals surface area (Å²) in [5.41, 5.74) is 0.689. The molecule has 33 heavy (non-hydrogen) atoms. The number of hydrogen-bond acceptors (Lipinski definition) is 6. The first kappa shape index (κ1) is 24.1. The molecule has 0 aliphatic rings. The number of anilines is 3. The zero-order valence-corrected chi connectivity index (χ0v) is 19.3. The van der Waals surface area contributed by atoms with Crippen LogP contribution in [0.25, 0.3) is 0 Å². The van der Waals surface area contributed by atoms with Gasteiger partial charge in [-0.15, -0.1) is 0 Å². The van der Waals surface area contributed by atoms with Gasteiger partial charge in [0.1, 0.15) is 11.9 Å². The lowest BCUT2D eigenvalue weighted by Crippen LogP contribution is -2.45. The molecule has 0 saturated heterocycles. The third-order valence-corrected chi connectivity index (χ3v) is 7.15. The Morgan fingerprint density at radius 1 is 0.970 bits per heavy atom. The van der Waals surface area contributed by atoms with Gasteiger partial charge in [-0.05, 0) is 67.6 Å². The summed E-state index contributed by atoms with van der Waals surface area (Å²) in [6.45, 7) is 1.39. The number of nitrogens with zero attached hydrogens (tertiary/aromatic N) is 2. The number of carbonyl (C=O) groups excluding carboxylic acids is 1. The highest BCUT2D eigenvalue weighted by molar-refractivity contribution is 7.92. The monoisotopic (exact) mass is 492 g/mol. The Morgan fingerprint density at radius 2 is 1.61 bits per heavy atom. The fourth-order valence-electron chi connectivity index (χ4n) is 3.00. The summed E-state index contributed by atoms with van der Waals surface area (Å²) in [6.07, 6.45) is 3.81. The van der Waals surface area contributed by atoms with Crippen LogP contribution in [0.5, 0.6) is 0 Å². The lowest BCUT2D eigenvalue weighted by molar-refractivity contribution is -0.116. The number of rotatable bonds is 8. The van der Waals surface area contributed by atoms with E-state index in [9.17, 15) is 26.0 Å². The molecule has 2 N–H and O–H groups in total. The van der Waals surface area contributed by atoms with Crippen LogP contribution < -0.4 is 14.3 Å². The second-order valence-corrected chi connectivity index (χ2v) is 10.6. The van der Waals surface area contributed by atoms with E-state index in [0.29, 0.717) is 5.69 Å². The molecule has 0 aliphatic heterocycles. The summed E-state index contributed by atoms with van der Waals surface area (Å²) in [6, 6.07) is 12.0. The number of sulfonamides is 2. The third kappa shape index (κ3) is 6.05. The van der Waals surface area contributed by atoms with Crippen molar-refractivity contribution in [3.05, 3.63) is 78.9 Å². The second kappa shape index (κ2) is 9.55. The standard InChI is InChI=1S/C21H21FN4O5S2/c1-15(26(32(2,28)29)19-9-5-16(22)6-10-19)21(27)24-17-7-11-20(12-8-17)33(30,31)25-18-4-3-13-23-14-18/h3-15,25H,1-2H3,(H,24,27)/t15-/m0/s1. The molecule has 1 heterocycles. The van der Waals surface area contributed by atoms with E-state index < -0.39 is 37.8 Å². The van der Waals surface area contributed by atoms with Crippen LogP contribution in [0.1, 0.15) is 6.92 Å². The van der Waals surface area contributed by atoms with Crippen molar-refractivity contribution >= 4 is 43.0 Å². The molecule has 0 fully saturated rings. The van der Waals surface area contributed by atoms with Crippen molar-refractivity contribution in [3.63, 3.8) is 0 Å². The molecule has 1 amide bonds. The van der Waals surface area contributed by atoms with Gasteiger partial charge in [0.2, 0.25) is 15.9 Å². The van der Waals surface area contributed by atoms with Gasteiger partial charge in [-0.1, -0.05) is 0 Å². The quantitative estimate of drug-likeness (QED) is 0.498. The molecule has 1 aromatic heterocycles.